The zero-order valence-corrected chi connectivity index (χ0v) is 18.1. The number of fused-ring (bicyclic) bond motifs is 1. The van der Waals surface area contributed by atoms with Crippen LogP contribution in [0.15, 0.2) is 42.7 Å². The van der Waals surface area contributed by atoms with E-state index in [0.717, 1.165) is 22.6 Å². The largest absolute Gasteiger partial charge is 0.394 e. The van der Waals surface area contributed by atoms with Crippen LogP contribution in [-0.4, -0.2) is 44.1 Å². The lowest BCUT2D eigenvalue weighted by atomic mass is 10.1. The molecule has 1 unspecified atom stereocenters. The topological polar surface area (TPSA) is 103 Å². The van der Waals surface area contributed by atoms with Crippen LogP contribution in [0.2, 0.25) is 5.02 Å². The molecule has 1 aliphatic rings. The van der Waals surface area contributed by atoms with E-state index in [1.54, 1.807) is 17.3 Å². The number of aryl methyl sites for hydroxylation is 1. The SMILES string of the molecule is Cc1ncccc1Nc1ncc2c(n1)CN(C(=O)NC(CO)c1ccc(F)c(Cl)c1)CC2. The molecule has 0 saturated heterocycles. The standard InChI is InChI=1S/C22H22ClFN6O2/c1-13-18(3-2-7-25-13)27-21-26-10-15-6-8-30(11-19(15)28-21)22(32)29-20(12-31)14-4-5-17(24)16(23)9-14/h2-5,7,9-10,20,31H,6,8,11-12H2,1H3,(H,29,32)(H,26,27,28). The molecule has 0 saturated carbocycles. The molecule has 1 aromatic carbocycles. The quantitative estimate of drug-likeness (QED) is 0.542. The van der Waals surface area contributed by atoms with Gasteiger partial charge in [-0.3, -0.25) is 4.98 Å². The highest BCUT2D eigenvalue weighted by molar-refractivity contribution is 6.30. The molecule has 32 heavy (non-hydrogen) atoms. The smallest absolute Gasteiger partial charge is 0.318 e. The lowest BCUT2D eigenvalue weighted by molar-refractivity contribution is 0.176. The van der Waals surface area contributed by atoms with Crippen molar-refractivity contribution in [1.29, 1.82) is 0 Å². The summed E-state index contributed by atoms with van der Waals surface area (Å²) in [7, 11) is 0. The van der Waals surface area contributed by atoms with Gasteiger partial charge in [0.1, 0.15) is 5.82 Å². The number of pyridine rings is 1. The lowest BCUT2D eigenvalue weighted by Gasteiger charge is -2.30. The number of halogens is 2. The maximum absolute atomic E-state index is 13.4. The Labute approximate surface area is 189 Å². The molecule has 2 amide bonds. The lowest BCUT2D eigenvalue weighted by Crippen LogP contribution is -2.45. The summed E-state index contributed by atoms with van der Waals surface area (Å²) in [4.78, 5) is 27.7. The first kappa shape index (κ1) is 21.9. The molecule has 0 radical (unpaired) electrons. The fourth-order valence-corrected chi connectivity index (χ4v) is 3.67. The third-order valence-electron chi connectivity index (χ3n) is 5.31. The number of aliphatic hydroxyl groups is 1. The average molecular weight is 457 g/mol. The molecule has 1 atom stereocenters. The molecule has 2 aromatic heterocycles. The van der Waals surface area contributed by atoms with E-state index in [4.69, 9.17) is 11.6 Å². The van der Waals surface area contributed by atoms with Crippen molar-refractivity contribution in [2.75, 3.05) is 18.5 Å². The van der Waals surface area contributed by atoms with E-state index in [-0.39, 0.29) is 17.7 Å². The van der Waals surface area contributed by atoms with Crippen molar-refractivity contribution in [2.24, 2.45) is 0 Å². The van der Waals surface area contributed by atoms with Crippen molar-refractivity contribution in [3.05, 3.63) is 76.1 Å². The summed E-state index contributed by atoms with van der Waals surface area (Å²) in [6.45, 7) is 2.32. The van der Waals surface area contributed by atoms with E-state index in [1.807, 2.05) is 19.1 Å². The van der Waals surface area contributed by atoms with Crippen LogP contribution in [0.5, 0.6) is 0 Å². The first-order chi connectivity index (χ1) is 15.4. The highest BCUT2D eigenvalue weighted by atomic mass is 35.5. The number of carbonyl (C=O) groups excluding carboxylic acids is 1. The van der Waals surface area contributed by atoms with Gasteiger partial charge in [0.2, 0.25) is 5.95 Å². The molecule has 8 nitrogen and oxygen atoms in total. The Hall–Kier alpha value is -3.30. The summed E-state index contributed by atoms with van der Waals surface area (Å²) in [6, 6.07) is 6.74. The Morgan fingerprint density at radius 1 is 1.34 bits per heavy atom. The van der Waals surface area contributed by atoms with Gasteiger partial charge in [0.05, 0.1) is 41.3 Å². The van der Waals surface area contributed by atoms with Crippen LogP contribution in [0.1, 0.15) is 28.6 Å². The predicted molar refractivity (Wildman–Crippen MR) is 118 cm³/mol. The third-order valence-corrected chi connectivity index (χ3v) is 5.60. The normalized spacial score (nSPS) is 13.9. The van der Waals surface area contributed by atoms with Crippen molar-refractivity contribution in [3.63, 3.8) is 0 Å². The number of benzene rings is 1. The molecule has 0 bridgehead atoms. The van der Waals surface area contributed by atoms with E-state index in [9.17, 15) is 14.3 Å². The van der Waals surface area contributed by atoms with Crippen molar-refractivity contribution in [3.8, 4) is 0 Å². The van der Waals surface area contributed by atoms with Gasteiger partial charge in [-0.15, -0.1) is 0 Å². The number of rotatable bonds is 5. The highest BCUT2D eigenvalue weighted by Gasteiger charge is 2.25. The fourth-order valence-electron chi connectivity index (χ4n) is 3.48. The Balaban J connectivity index is 1.46. The zero-order valence-electron chi connectivity index (χ0n) is 17.3. The molecule has 3 heterocycles. The second-order valence-electron chi connectivity index (χ2n) is 7.46. The van der Waals surface area contributed by atoms with Gasteiger partial charge in [-0.1, -0.05) is 17.7 Å². The Kier molecular flexibility index (Phi) is 6.48. The van der Waals surface area contributed by atoms with E-state index >= 15 is 0 Å². The van der Waals surface area contributed by atoms with Crippen LogP contribution in [0.25, 0.3) is 0 Å². The van der Waals surface area contributed by atoms with Crippen LogP contribution in [0.4, 0.5) is 20.8 Å². The minimum Gasteiger partial charge on any atom is -0.394 e. The molecular weight excluding hydrogens is 435 g/mol. The maximum atomic E-state index is 13.4. The number of anilines is 2. The maximum Gasteiger partial charge on any atom is 0.318 e. The molecule has 0 spiro atoms. The Morgan fingerprint density at radius 3 is 2.94 bits per heavy atom. The number of nitrogens with zero attached hydrogens (tertiary/aromatic N) is 4. The molecule has 1 aliphatic heterocycles. The monoisotopic (exact) mass is 456 g/mol. The molecule has 0 fully saturated rings. The minimum atomic E-state index is -0.710. The first-order valence-electron chi connectivity index (χ1n) is 10.1. The van der Waals surface area contributed by atoms with Gasteiger partial charge in [-0.25, -0.2) is 19.2 Å². The molecule has 166 valence electrons. The van der Waals surface area contributed by atoms with Crippen LogP contribution in [0, 0.1) is 12.7 Å². The number of aromatic nitrogens is 3. The van der Waals surface area contributed by atoms with Gasteiger partial charge in [-0.05, 0) is 48.7 Å². The third kappa shape index (κ3) is 4.79. The molecule has 3 aromatic rings. The van der Waals surface area contributed by atoms with Crippen LogP contribution in [0.3, 0.4) is 0 Å². The predicted octanol–water partition coefficient (Wildman–Crippen LogP) is 3.52. The highest BCUT2D eigenvalue weighted by Crippen LogP contribution is 2.23. The van der Waals surface area contributed by atoms with Crippen LogP contribution < -0.4 is 10.6 Å². The second-order valence-corrected chi connectivity index (χ2v) is 7.86. The number of nitrogens with one attached hydrogen (secondary N) is 2. The molecule has 10 heteroatoms. The summed E-state index contributed by atoms with van der Waals surface area (Å²) < 4.78 is 13.4. The van der Waals surface area contributed by atoms with Crippen molar-refractivity contribution in [2.45, 2.75) is 25.9 Å². The summed E-state index contributed by atoms with van der Waals surface area (Å²) in [5, 5.41) is 15.6. The fraction of sp³-hybridized carbons (Fsp3) is 0.273. The van der Waals surface area contributed by atoms with Gasteiger partial charge >= 0.3 is 6.03 Å². The number of hydrogen-bond donors (Lipinski definition) is 3. The minimum absolute atomic E-state index is 0.0670. The van der Waals surface area contributed by atoms with Crippen LogP contribution >= 0.6 is 11.6 Å². The van der Waals surface area contributed by atoms with E-state index in [2.05, 4.69) is 25.6 Å². The van der Waals surface area contributed by atoms with E-state index < -0.39 is 11.9 Å². The van der Waals surface area contributed by atoms with Gasteiger partial charge in [0.15, 0.2) is 0 Å². The number of hydrogen-bond acceptors (Lipinski definition) is 6. The average Bonchev–Trinajstić information content (AvgIpc) is 2.80. The molecule has 4 rings (SSSR count). The van der Waals surface area contributed by atoms with Crippen molar-refractivity contribution >= 4 is 29.3 Å². The summed E-state index contributed by atoms with van der Waals surface area (Å²) in [6.07, 6.45) is 4.09. The summed E-state index contributed by atoms with van der Waals surface area (Å²) >= 11 is 5.84. The van der Waals surface area contributed by atoms with Gasteiger partial charge in [0.25, 0.3) is 0 Å². The van der Waals surface area contributed by atoms with E-state index in [1.165, 1.54) is 18.2 Å². The van der Waals surface area contributed by atoms with Crippen molar-refractivity contribution < 1.29 is 14.3 Å². The number of carbonyl (C=O) groups is 1. The van der Waals surface area contributed by atoms with Crippen molar-refractivity contribution in [1.82, 2.24) is 25.2 Å². The van der Waals surface area contributed by atoms with Gasteiger partial charge in [0, 0.05) is 18.9 Å². The Morgan fingerprint density at radius 2 is 2.19 bits per heavy atom. The number of aliphatic hydroxyl groups excluding tert-OH is 1. The second kappa shape index (κ2) is 9.46. The Bertz CT molecular complexity index is 1150. The summed E-state index contributed by atoms with van der Waals surface area (Å²) in [5.74, 6) is -0.132. The number of amides is 2. The van der Waals surface area contributed by atoms with Crippen LogP contribution in [-0.2, 0) is 13.0 Å². The van der Waals surface area contributed by atoms with E-state index in [0.29, 0.717) is 31.0 Å². The zero-order chi connectivity index (χ0) is 22.7. The molecular formula is C22H22ClFN6O2. The molecule has 0 aliphatic carbocycles. The summed E-state index contributed by atoms with van der Waals surface area (Å²) in [5.41, 5.74) is 3.88. The van der Waals surface area contributed by atoms with Gasteiger partial charge < -0.3 is 20.6 Å². The first-order valence-corrected chi connectivity index (χ1v) is 10.5. The van der Waals surface area contributed by atoms with Gasteiger partial charge in [-0.2, -0.15) is 0 Å². The number of urea groups is 1. The molecule has 3 N–H and O–H groups in total.